The molecule has 0 amide bonds. The van der Waals surface area contributed by atoms with E-state index >= 15 is 0 Å². The zero-order valence-corrected chi connectivity index (χ0v) is 12.4. The highest BCUT2D eigenvalue weighted by Gasteiger charge is 2.09. The van der Waals surface area contributed by atoms with Gasteiger partial charge in [0, 0.05) is 22.8 Å². The van der Waals surface area contributed by atoms with E-state index in [1.54, 1.807) is 6.20 Å². The van der Waals surface area contributed by atoms with Gasteiger partial charge < -0.3 is 10.1 Å². The van der Waals surface area contributed by atoms with E-state index in [4.69, 9.17) is 4.74 Å². The summed E-state index contributed by atoms with van der Waals surface area (Å²) in [5.41, 5.74) is 1.10. The maximum absolute atomic E-state index is 5.81. The first-order valence-corrected chi connectivity index (χ1v) is 6.98. The van der Waals surface area contributed by atoms with Gasteiger partial charge in [0.1, 0.15) is 0 Å². The van der Waals surface area contributed by atoms with Crippen molar-refractivity contribution >= 4 is 15.9 Å². The number of ether oxygens (including phenoxy) is 1. The third-order valence-corrected chi connectivity index (χ3v) is 2.96. The van der Waals surface area contributed by atoms with E-state index in [1.807, 2.05) is 0 Å². The molecule has 1 rings (SSSR count). The third kappa shape index (κ3) is 5.04. The van der Waals surface area contributed by atoms with Gasteiger partial charge >= 0.3 is 0 Å². The monoisotopic (exact) mass is 300 g/mol. The van der Waals surface area contributed by atoms with E-state index < -0.39 is 0 Å². The Morgan fingerprint density at radius 1 is 1.47 bits per heavy atom. The fraction of sp³-hybridized carbons (Fsp3) is 0.615. The van der Waals surface area contributed by atoms with Gasteiger partial charge in [-0.25, -0.2) is 4.98 Å². The van der Waals surface area contributed by atoms with Crippen LogP contribution < -0.4 is 10.1 Å². The molecule has 1 N–H and O–H groups in total. The summed E-state index contributed by atoms with van der Waals surface area (Å²) in [6.45, 7) is 8.13. The van der Waals surface area contributed by atoms with Crippen molar-refractivity contribution in [2.24, 2.45) is 0 Å². The van der Waals surface area contributed by atoms with Crippen LogP contribution in [0.5, 0.6) is 5.88 Å². The number of nitrogens with zero attached hydrogens (tertiary/aromatic N) is 1. The van der Waals surface area contributed by atoms with Crippen LogP contribution >= 0.6 is 15.9 Å². The maximum atomic E-state index is 5.81. The highest BCUT2D eigenvalue weighted by atomic mass is 79.9. The van der Waals surface area contributed by atoms with Crippen molar-refractivity contribution in [3.8, 4) is 5.88 Å². The van der Waals surface area contributed by atoms with Gasteiger partial charge in [0.2, 0.25) is 5.88 Å². The summed E-state index contributed by atoms with van der Waals surface area (Å²) >= 11 is 3.44. The molecule has 0 saturated carbocycles. The molecule has 0 fully saturated rings. The Labute approximate surface area is 112 Å². The fourth-order valence-corrected chi connectivity index (χ4v) is 1.75. The van der Waals surface area contributed by atoms with Crippen molar-refractivity contribution in [3.05, 3.63) is 22.3 Å². The standard InChI is InChI=1S/C13H21BrN2O/c1-4-6-15-8-11-7-12(14)9-16-13(11)17-10(3)5-2/h7,9-10,15H,4-6,8H2,1-3H3. The molecule has 17 heavy (non-hydrogen) atoms. The normalized spacial score (nSPS) is 12.5. The van der Waals surface area contributed by atoms with Gasteiger partial charge in [-0.15, -0.1) is 0 Å². The third-order valence-electron chi connectivity index (χ3n) is 2.52. The lowest BCUT2D eigenvalue weighted by Crippen LogP contribution is -2.17. The molecular weight excluding hydrogens is 280 g/mol. The lowest BCUT2D eigenvalue weighted by molar-refractivity contribution is 0.206. The molecule has 0 bridgehead atoms. The van der Waals surface area contributed by atoms with Crippen molar-refractivity contribution < 1.29 is 4.74 Å². The Hall–Kier alpha value is -0.610. The first kappa shape index (κ1) is 14.5. The van der Waals surface area contributed by atoms with Crippen LogP contribution in [-0.4, -0.2) is 17.6 Å². The molecule has 0 spiro atoms. The number of hydrogen-bond acceptors (Lipinski definition) is 3. The molecule has 1 aromatic heterocycles. The minimum atomic E-state index is 0.202. The molecule has 1 aromatic rings. The van der Waals surface area contributed by atoms with Crippen molar-refractivity contribution in [1.29, 1.82) is 0 Å². The van der Waals surface area contributed by atoms with Crippen LogP contribution in [-0.2, 0) is 6.54 Å². The Balaban J connectivity index is 2.72. The second-order valence-electron chi connectivity index (χ2n) is 4.13. The lowest BCUT2D eigenvalue weighted by Gasteiger charge is -2.15. The van der Waals surface area contributed by atoms with Crippen LogP contribution in [0.4, 0.5) is 0 Å². The molecule has 1 heterocycles. The molecule has 0 radical (unpaired) electrons. The molecule has 0 aromatic carbocycles. The zero-order chi connectivity index (χ0) is 12.7. The Bertz CT molecular complexity index is 344. The van der Waals surface area contributed by atoms with Gasteiger partial charge in [-0.1, -0.05) is 13.8 Å². The topological polar surface area (TPSA) is 34.2 Å². The SMILES string of the molecule is CCCNCc1cc(Br)cnc1OC(C)CC. The number of aromatic nitrogens is 1. The molecule has 1 unspecified atom stereocenters. The first-order chi connectivity index (χ1) is 8.17. The lowest BCUT2D eigenvalue weighted by atomic mass is 10.2. The van der Waals surface area contributed by atoms with Crippen LogP contribution in [0, 0.1) is 0 Å². The molecule has 4 heteroatoms. The number of halogens is 1. The smallest absolute Gasteiger partial charge is 0.218 e. The number of nitrogens with one attached hydrogen (secondary N) is 1. The van der Waals surface area contributed by atoms with E-state index in [0.717, 1.165) is 41.8 Å². The minimum Gasteiger partial charge on any atom is -0.474 e. The van der Waals surface area contributed by atoms with Crippen molar-refractivity contribution in [2.45, 2.75) is 46.3 Å². The minimum absolute atomic E-state index is 0.202. The van der Waals surface area contributed by atoms with Crippen LogP contribution in [0.25, 0.3) is 0 Å². The molecule has 1 atom stereocenters. The van der Waals surface area contributed by atoms with Gasteiger partial charge in [-0.3, -0.25) is 0 Å². The zero-order valence-electron chi connectivity index (χ0n) is 10.8. The predicted octanol–water partition coefficient (Wildman–Crippen LogP) is 3.52. The first-order valence-electron chi connectivity index (χ1n) is 6.19. The summed E-state index contributed by atoms with van der Waals surface area (Å²) in [4.78, 5) is 4.34. The molecule has 0 aliphatic rings. The number of pyridine rings is 1. The largest absolute Gasteiger partial charge is 0.474 e. The predicted molar refractivity (Wildman–Crippen MR) is 74.3 cm³/mol. The van der Waals surface area contributed by atoms with Crippen LogP contribution in [0.1, 0.15) is 39.2 Å². The van der Waals surface area contributed by atoms with E-state index in [9.17, 15) is 0 Å². The van der Waals surface area contributed by atoms with Crippen LogP contribution in [0.2, 0.25) is 0 Å². The van der Waals surface area contributed by atoms with Crippen molar-refractivity contribution in [3.63, 3.8) is 0 Å². The van der Waals surface area contributed by atoms with Crippen LogP contribution in [0.15, 0.2) is 16.7 Å². The van der Waals surface area contributed by atoms with Gasteiger partial charge in [-0.2, -0.15) is 0 Å². The summed E-state index contributed by atoms with van der Waals surface area (Å²) in [5, 5.41) is 3.37. The fourth-order valence-electron chi connectivity index (χ4n) is 1.38. The highest BCUT2D eigenvalue weighted by Crippen LogP contribution is 2.21. The van der Waals surface area contributed by atoms with E-state index in [-0.39, 0.29) is 6.10 Å². The summed E-state index contributed by atoms with van der Waals surface area (Å²) in [6, 6.07) is 2.06. The number of rotatable bonds is 7. The Morgan fingerprint density at radius 3 is 2.88 bits per heavy atom. The molecule has 3 nitrogen and oxygen atoms in total. The summed E-state index contributed by atoms with van der Waals surface area (Å²) in [5.74, 6) is 0.742. The second kappa shape index (κ2) is 7.67. The van der Waals surface area contributed by atoms with Gasteiger partial charge in [0.05, 0.1) is 6.10 Å². The molecular formula is C13H21BrN2O. The van der Waals surface area contributed by atoms with E-state index in [2.05, 4.69) is 53.1 Å². The average molecular weight is 301 g/mol. The average Bonchev–Trinajstić information content (AvgIpc) is 2.32. The molecule has 96 valence electrons. The van der Waals surface area contributed by atoms with Gasteiger partial charge in [0.25, 0.3) is 0 Å². The van der Waals surface area contributed by atoms with Gasteiger partial charge in [-0.05, 0) is 48.3 Å². The quantitative estimate of drug-likeness (QED) is 0.782. The Morgan fingerprint density at radius 2 is 2.24 bits per heavy atom. The van der Waals surface area contributed by atoms with Crippen molar-refractivity contribution in [1.82, 2.24) is 10.3 Å². The molecule has 0 aliphatic heterocycles. The summed E-state index contributed by atoms with van der Waals surface area (Å²) in [6.07, 6.45) is 4.09. The summed E-state index contributed by atoms with van der Waals surface area (Å²) < 4.78 is 6.80. The van der Waals surface area contributed by atoms with Crippen LogP contribution in [0.3, 0.4) is 0 Å². The van der Waals surface area contributed by atoms with E-state index in [1.165, 1.54) is 0 Å². The molecule has 0 aliphatic carbocycles. The second-order valence-corrected chi connectivity index (χ2v) is 5.05. The highest BCUT2D eigenvalue weighted by molar-refractivity contribution is 9.10. The summed E-state index contributed by atoms with van der Waals surface area (Å²) in [7, 11) is 0. The maximum Gasteiger partial charge on any atom is 0.218 e. The number of hydrogen-bond donors (Lipinski definition) is 1. The van der Waals surface area contributed by atoms with Gasteiger partial charge in [0.15, 0.2) is 0 Å². The van der Waals surface area contributed by atoms with E-state index in [0.29, 0.717) is 0 Å². The van der Waals surface area contributed by atoms with Crippen molar-refractivity contribution in [2.75, 3.05) is 6.54 Å². The molecule has 0 saturated heterocycles. The Kier molecular flexibility index (Phi) is 6.52.